The summed E-state index contributed by atoms with van der Waals surface area (Å²) in [5, 5.41) is 9.99. The second-order valence-electron chi connectivity index (χ2n) is 7.10. The number of rotatable bonds is 9. The molecule has 1 amide bonds. The molecule has 7 nitrogen and oxygen atoms in total. The number of benzene rings is 1. The van der Waals surface area contributed by atoms with Crippen molar-refractivity contribution in [2.75, 3.05) is 25.5 Å². The molecule has 1 aromatic carbocycles. The lowest BCUT2D eigenvalue weighted by atomic mass is 10.2. The van der Waals surface area contributed by atoms with Crippen LogP contribution in [0.3, 0.4) is 0 Å². The standard InChI is InChI=1S/C21H26FN5O2S/c1-12(2)29-16-10-14(22)6-7-15(16)27-19-17-13(3)18(30-21(17)26-11-25-19)20(28)24-9-5-8-23-4/h6-7,10-12,23H,5,8-9H2,1-4H3,(H,24,28)(H,25,26,27). The van der Waals surface area contributed by atoms with Gasteiger partial charge in [-0.2, -0.15) is 0 Å². The predicted octanol–water partition coefficient (Wildman–Crippen LogP) is 4.01. The van der Waals surface area contributed by atoms with E-state index in [9.17, 15) is 9.18 Å². The number of nitrogens with zero attached hydrogens (tertiary/aromatic N) is 2. The number of hydrogen-bond donors (Lipinski definition) is 3. The van der Waals surface area contributed by atoms with Crippen LogP contribution in [0.2, 0.25) is 0 Å². The number of amides is 1. The third-order valence-corrected chi connectivity index (χ3v) is 5.58. The van der Waals surface area contributed by atoms with E-state index < -0.39 is 0 Å². The Balaban J connectivity index is 1.91. The van der Waals surface area contributed by atoms with Crippen LogP contribution in [0, 0.1) is 12.7 Å². The Bertz CT molecular complexity index is 1040. The average Bonchev–Trinajstić information content (AvgIpc) is 3.04. The van der Waals surface area contributed by atoms with E-state index in [2.05, 4.69) is 25.9 Å². The van der Waals surface area contributed by atoms with Gasteiger partial charge >= 0.3 is 0 Å². The molecule has 2 aromatic heterocycles. The Kier molecular flexibility index (Phi) is 7.17. The molecule has 0 unspecified atom stereocenters. The summed E-state index contributed by atoms with van der Waals surface area (Å²) in [4.78, 5) is 22.6. The number of nitrogens with one attached hydrogen (secondary N) is 3. The maximum atomic E-state index is 13.7. The van der Waals surface area contributed by atoms with Crippen molar-refractivity contribution in [3.8, 4) is 5.75 Å². The molecule has 0 bridgehead atoms. The van der Waals surface area contributed by atoms with Gasteiger partial charge < -0.3 is 20.7 Å². The largest absolute Gasteiger partial charge is 0.489 e. The van der Waals surface area contributed by atoms with Crippen molar-refractivity contribution < 1.29 is 13.9 Å². The maximum Gasteiger partial charge on any atom is 0.261 e. The zero-order valence-electron chi connectivity index (χ0n) is 17.5. The van der Waals surface area contributed by atoms with E-state index in [4.69, 9.17) is 4.74 Å². The molecule has 0 aliphatic rings. The van der Waals surface area contributed by atoms with Crippen molar-refractivity contribution in [1.82, 2.24) is 20.6 Å². The van der Waals surface area contributed by atoms with Crippen LogP contribution in [0.4, 0.5) is 15.9 Å². The molecule has 0 saturated carbocycles. The van der Waals surface area contributed by atoms with Gasteiger partial charge in [0.15, 0.2) is 0 Å². The van der Waals surface area contributed by atoms with Gasteiger partial charge in [-0.15, -0.1) is 11.3 Å². The molecule has 0 fully saturated rings. The molecule has 3 rings (SSSR count). The SMILES string of the molecule is CNCCCNC(=O)c1sc2ncnc(Nc3ccc(F)cc3OC(C)C)c2c1C. The minimum atomic E-state index is -0.382. The molecule has 2 heterocycles. The minimum Gasteiger partial charge on any atom is -0.489 e. The molecule has 3 N–H and O–H groups in total. The lowest BCUT2D eigenvalue weighted by molar-refractivity contribution is 0.0957. The Hall–Kier alpha value is -2.78. The Labute approximate surface area is 179 Å². The van der Waals surface area contributed by atoms with E-state index in [0.29, 0.717) is 33.5 Å². The van der Waals surface area contributed by atoms with Gasteiger partial charge in [0.2, 0.25) is 0 Å². The van der Waals surface area contributed by atoms with Crippen molar-refractivity contribution in [2.24, 2.45) is 0 Å². The normalized spacial score (nSPS) is 11.1. The van der Waals surface area contributed by atoms with E-state index >= 15 is 0 Å². The van der Waals surface area contributed by atoms with Gasteiger partial charge in [-0.25, -0.2) is 14.4 Å². The third kappa shape index (κ3) is 5.03. The lowest BCUT2D eigenvalue weighted by Gasteiger charge is -2.15. The lowest BCUT2D eigenvalue weighted by Crippen LogP contribution is -2.26. The second-order valence-corrected chi connectivity index (χ2v) is 8.10. The second kappa shape index (κ2) is 9.82. The van der Waals surface area contributed by atoms with Gasteiger partial charge in [0, 0.05) is 12.6 Å². The van der Waals surface area contributed by atoms with Gasteiger partial charge in [-0.1, -0.05) is 0 Å². The third-order valence-electron chi connectivity index (χ3n) is 4.38. The smallest absolute Gasteiger partial charge is 0.261 e. The summed E-state index contributed by atoms with van der Waals surface area (Å²) >= 11 is 1.33. The molecule has 160 valence electrons. The quantitative estimate of drug-likeness (QED) is 0.444. The number of aromatic nitrogens is 2. The van der Waals surface area contributed by atoms with Crippen LogP contribution >= 0.6 is 11.3 Å². The van der Waals surface area contributed by atoms with E-state index in [1.54, 1.807) is 6.07 Å². The maximum absolute atomic E-state index is 13.7. The summed E-state index contributed by atoms with van der Waals surface area (Å²) in [7, 11) is 1.88. The summed E-state index contributed by atoms with van der Waals surface area (Å²) in [5.74, 6) is 0.437. The van der Waals surface area contributed by atoms with E-state index in [-0.39, 0.29) is 17.8 Å². The molecule has 9 heteroatoms. The first-order valence-electron chi connectivity index (χ1n) is 9.80. The van der Waals surface area contributed by atoms with E-state index in [0.717, 1.165) is 23.9 Å². The Morgan fingerprint density at radius 3 is 2.80 bits per heavy atom. The molecular weight excluding hydrogens is 405 g/mol. The van der Waals surface area contributed by atoms with Gasteiger partial charge in [-0.05, 0) is 58.5 Å². The molecule has 30 heavy (non-hydrogen) atoms. The van der Waals surface area contributed by atoms with Crippen LogP contribution in [0.5, 0.6) is 5.75 Å². The highest BCUT2D eigenvalue weighted by molar-refractivity contribution is 7.20. The minimum absolute atomic E-state index is 0.112. The molecule has 0 aliphatic carbocycles. The number of halogens is 1. The summed E-state index contributed by atoms with van der Waals surface area (Å²) in [5.41, 5.74) is 1.39. The summed E-state index contributed by atoms with van der Waals surface area (Å²) in [6, 6.07) is 4.31. The van der Waals surface area contributed by atoms with Crippen LogP contribution < -0.4 is 20.7 Å². The van der Waals surface area contributed by atoms with E-state index in [1.165, 1.54) is 29.8 Å². The predicted molar refractivity (Wildman–Crippen MR) is 118 cm³/mol. The number of aryl methyl sites for hydroxylation is 1. The number of hydrogen-bond acceptors (Lipinski definition) is 7. The molecule has 0 atom stereocenters. The topological polar surface area (TPSA) is 88.2 Å². The number of carbonyl (C=O) groups excluding carboxylic acids is 1. The van der Waals surface area contributed by atoms with Crippen LogP contribution in [-0.4, -0.2) is 42.1 Å². The number of fused-ring (bicyclic) bond motifs is 1. The fraction of sp³-hybridized carbons (Fsp3) is 0.381. The zero-order chi connectivity index (χ0) is 21.7. The monoisotopic (exact) mass is 431 g/mol. The first-order valence-corrected chi connectivity index (χ1v) is 10.6. The number of ether oxygens (including phenoxy) is 1. The van der Waals surface area contributed by atoms with Crippen molar-refractivity contribution in [2.45, 2.75) is 33.3 Å². The van der Waals surface area contributed by atoms with E-state index in [1.807, 2.05) is 27.8 Å². The average molecular weight is 432 g/mol. The van der Waals surface area contributed by atoms with Crippen molar-refractivity contribution in [3.63, 3.8) is 0 Å². The number of anilines is 2. The van der Waals surface area contributed by atoms with Crippen LogP contribution in [0.25, 0.3) is 10.2 Å². The van der Waals surface area contributed by atoms with Gasteiger partial charge in [0.05, 0.1) is 22.1 Å². The van der Waals surface area contributed by atoms with Crippen molar-refractivity contribution in [1.29, 1.82) is 0 Å². The van der Waals surface area contributed by atoms with Crippen LogP contribution in [-0.2, 0) is 0 Å². The highest BCUT2D eigenvalue weighted by atomic mass is 32.1. The molecule has 3 aromatic rings. The fourth-order valence-electron chi connectivity index (χ4n) is 3.01. The molecule has 0 spiro atoms. The van der Waals surface area contributed by atoms with Crippen molar-refractivity contribution in [3.05, 3.63) is 40.8 Å². The van der Waals surface area contributed by atoms with Gasteiger partial charge in [-0.3, -0.25) is 4.79 Å². The molecule has 0 aliphatic heterocycles. The summed E-state index contributed by atoms with van der Waals surface area (Å²) < 4.78 is 19.5. The van der Waals surface area contributed by atoms with Crippen molar-refractivity contribution >= 4 is 39.0 Å². The molecule has 0 radical (unpaired) electrons. The van der Waals surface area contributed by atoms with Crippen LogP contribution in [0.1, 0.15) is 35.5 Å². The molecular formula is C21H26FN5O2S. The first-order chi connectivity index (χ1) is 14.4. The Morgan fingerprint density at radius 1 is 1.27 bits per heavy atom. The van der Waals surface area contributed by atoms with Crippen LogP contribution in [0.15, 0.2) is 24.5 Å². The summed E-state index contributed by atoms with van der Waals surface area (Å²) in [6.07, 6.45) is 2.18. The zero-order valence-corrected chi connectivity index (χ0v) is 18.3. The highest BCUT2D eigenvalue weighted by Gasteiger charge is 2.20. The Morgan fingerprint density at radius 2 is 2.07 bits per heavy atom. The summed E-state index contributed by atoms with van der Waals surface area (Å²) in [6.45, 7) is 7.06. The molecule has 0 saturated heterocycles. The number of carbonyl (C=O) groups is 1. The number of thiophene rings is 1. The van der Waals surface area contributed by atoms with Gasteiger partial charge in [0.1, 0.15) is 28.5 Å². The van der Waals surface area contributed by atoms with Gasteiger partial charge in [0.25, 0.3) is 5.91 Å². The highest BCUT2D eigenvalue weighted by Crippen LogP contribution is 2.36. The fourth-order valence-corrected chi connectivity index (χ4v) is 4.07. The first kappa shape index (κ1) is 21.9.